The quantitative estimate of drug-likeness (QED) is 0.925. The number of benzene rings is 1. The van der Waals surface area contributed by atoms with Crippen LogP contribution in [0.2, 0.25) is 0 Å². The molecular weight excluding hydrogens is 286 g/mol. The van der Waals surface area contributed by atoms with E-state index in [0.29, 0.717) is 6.54 Å². The predicted octanol–water partition coefficient (Wildman–Crippen LogP) is 3.35. The van der Waals surface area contributed by atoms with Crippen LogP contribution in [0.15, 0.2) is 29.0 Å². The van der Waals surface area contributed by atoms with Crippen LogP contribution in [0.1, 0.15) is 38.3 Å². The smallest absolute Gasteiger partial charge is 0.335 e. The molecule has 3 rings (SSSR count). The topological polar surface area (TPSA) is 57.6 Å². The average Bonchev–Trinajstić information content (AvgIpc) is 2.91. The number of carboxylic acid groups (broad SMARTS) is 1. The van der Waals surface area contributed by atoms with E-state index in [2.05, 4.69) is 0 Å². The van der Waals surface area contributed by atoms with E-state index in [9.17, 15) is 9.59 Å². The second kappa shape index (κ2) is 5.33. The first kappa shape index (κ1) is 13.8. The van der Waals surface area contributed by atoms with Crippen molar-refractivity contribution in [2.75, 3.05) is 11.4 Å². The summed E-state index contributed by atoms with van der Waals surface area (Å²) in [7, 11) is 0. The lowest BCUT2D eigenvalue weighted by Crippen LogP contribution is -2.35. The highest BCUT2D eigenvalue weighted by Crippen LogP contribution is 2.30. The fourth-order valence-electron chi connectivity index (χ4n) is 2.67. The molecule has 0 saturated carbocycles. The van der Waals surface area contributed by atoms with Gasteiger partial charge in [0.2, 0.25) is 0 Å². The molecule has 0 fully saturated rings. The molecule has 0 aliphatic carbocycles. The van der Waals surface area contributed by atoms with E-state index in [-0.39, 0.29) is 11.5 Å². The molecule has 4 nitrogen and oxygen atoms in total. The lowest BCUT2D eigenvalue weighted by molar-refractivity contribution is 0.0696. The molecule has 108 valence electrons. The Bertz CT molecular complexity index is 720. The van der Waals surface area contributed by atoms with Gasteiger partial charge in [0.05, 0.1) is 11.1 Å². The highest BCUT2D eigenvalue weighted by molar-refractivity contribution is 7.08. The zero-order valence-electron chi connectivity index (χ0n) is 11.6. The van der Waals surface area contributed by atoms with Crippen molar-refractivity contribution in [3.8, 4) is 0 Å². The largest absolute Gasteiger partial charge is 0.478 e. The lowest BCUT2D eigenvalue weighted by Gasteiger charge is -2.29. The molecule has 2 heterocycles. The van der Waals surface area contributed by atoms with Crippen LogP contribution < -0.4 is 4.90 Å². The summed E-state index contributed by atoms with van der Waals surface area (Å²) in [5.74, 6) is -0.937. The molecule has 1 amide bonds. The number of carbonyl (C=O) groups excluding carboxylic acids is 1. The molecule has 0 saturated heterocycles. The van der Waals surface area contributed by atoms with Crippen LogP contribution in [0.3, 0.4) is 0 Å². The molecule has 0 atom stereocenters. The molecule has 0 bridgehead atoms. The highest BCUT2D eigenvalue weighted by Gasteiger charge is 2.25. The maximum Gasteiger partial charge on any atom is 0.335 e. The number of thiophene rings is 1. The summed E-state index contributed by atoms with van der Waals surface area (Å²) in [6, 6.07) is 4.99. The molecule has 1 aliphatic rings. The third-order valence-corrected chi connectivity index (χ3v) is 4.64. The number of carbonyl (C=O) groups is 2. The molecule has 0 unspecified atom stereocenters. The average molecular weight is 301 g/mol. The summed E-state index contributed by atoms with van der Waals surface area (Å²) in [5, 5.41) is 12.9. The summed E-state index contributed by atoms with van der Waals surface area (Å²) < 4.78 is 0. The van der Waals surface area contributed by atoms with Gasteiger partial charge in [-0.3, -0.25) is 4.79 Å². The van der Waals surface area contributed by atoms with E-state index < -0.39 is 5.97 Å². The van der Waals surface area contributed by atoms with Gasteiger partial charge in [0.1, 0.15) is 0 Å². The maximum absolute atomic E-state index is 12.7. The number of nitrogens with zero attached hydrogens (tertiary/aromatic N) is 1. The number of aromatic carboxylic acids is 1. The molecule has 5 heteroatoms. The normalized spacial score (nSPS) is 13.9. The predicted molar refractivity (Wildman–Crippen MR) is 82.5 cm³/mol. The molecule has 1 N–H and O–H groups in total. The SMILES string of the molecule is Cc1cscc1C(=O)N1CCCc2cc(C(=O)O)ccc21. The van der Waals surface area contributed by atoms with E-state index >= 15 is 0 Å². The van der Waals surface area contributed by atoms with E-state index in [1.165, 1.54) is 11.3 Å². The van der Waals surface area contributed by atoms with E-state index in [1.807, 2.05) is 17.7 Å². The number of amides is 1. The number of hydrogen-bond donors (Lipinski definition) is 1. The van der Waals surface area contributed by atoms with Crippen molar-refractivity contribution in [2.45, 2.75) is 19.8 Å². The monoisotopic (exact) mass is 301 g/mol. The van der Waals surface area contributed by atoms with Gasteiger partial charge >= 0.3 is 5.97 Å². The molecule has 0 spiro atoms. The highest BCUT2D eigenvalue weighted by atomic mass is 32.1. The number of carboxylic acids is 1. The van der Waals surface area contributed by atoms with Gasteiger partial charge in [-0.15, -0.1) is 0 Å². The molecular formula is C16H15NO3S. The molecule has 2 aromatic rings. The Morgan fingerprint density at radius 2 is 2.10 bits per heavy atom. The lowest BCUT2D eigenvalue weighted by atomic mass is 9.98. The van der Waals surface area contributed by atoms with E-state index in [4.69, 9.17) is 5.11 Å². The van der Waals surface area contributed by atoms with Gasteiger partial charge in [-0.25, -0.2) is 4.79 Å². The van der Waals surface area contributed by atoms with Gasteiger partial charge in [0.25, 0.3) is 5.91 Å². The van der Waals surface area contributed by atoms with Crippen LogP contribution in [0.25, 0.3) is 0 Å². The summed E-state index contributed by atoms with van der Waals surface area (Å²) in [4.78, 5) is 25.5. The Kier molecular flexibility index (Phi) is 3.51. The fraction of sp³-hybridized carbons (Fsp3) is 0.250. The Morgan fingerprint density at radius 3 is 2.76 bits per heavy atom. The summed E-state index contributed by atoms with van der Waals surface area (Å²) in [6.45, 7) is 2.61. The Balaban J connectivity index is 1.99. The summed E-state index contributed by atoms with van der Waals surface area (Å²) in [5.41, 5.74) is 3.76. The first-order chi connectivity index (χ1) is 10.1. The maximum atomic E-state index is 12.7. The second-order valence-corrected chi connectivity index (χ2v) is 5.92. The summed E-state index contributed by atoms with van der Waals surface area (Å²) >= 11 is 1.52. The van der Waals surface area contributed by atoms with Crippen LogP contribution in [0.5, 0.6) is 0 Å². The van der Waals surface area contributed by atoms with Gasteiger partial charge < -0.3 is 10.0 Å². The standard InChI is InChI=1S/C16H15NO3S/c1-10-8-21-9-13(10)15(18)17-6-2-3-11-7-12(16(19)20)4-5-14(11)17/h4-5,7-9H,2-3,6H2,1H3,(H,19,20). The number of hydrogen-bond acceptors (Lipinski definition) is 3. The van der Waals surface area contributed by atoms with Crippen LogP contribution >= 0.6 is 11.3 Å². The molecule has 1 aromatic carbocycles. The minimum absolute atomic E-state index is 0.00206. The zero-order chi connectivity index (χ0) is 15.0. The van der Waals surface area contributed by atoms with Gasteiger partial charge in [0, 0.05) is 17.6 Å². The number of rotatable bonds is 2. The minimum atomic E-state index is -0.935. The minimum Gasteiger partial charge on any atom is -0.478 e. The van der Waals surface area contributed by atoms with E-state index in [1.54, 1.807) is 23.1 Å². The Labute approximate surface area is 126 Å². The molecule has 21 heavy (non-hydrogen) atoms. The second-order valence-electron chi connectivity index (χ2n) is 5.18. The zero-order valence-corrected chi connectivity index (χ0v) is 12.4. The van der Waals surface area contributed by atoms with Crippen molar-refractivity contribution >= 4 is 28.9 Å². The van der Waals surface area contributed by atoms with Gasteiger partial charge in [0.15, 0.2) is 0 Å². The molecule has 1 aromatic heterocycles. The van der Waals surface area contributed by atoms with Crippen LogP contribution in [0.4, 0.5) is 5.69 Å². The number of anilines is 1. The molecule has 0 radical (unpaired) electrons. The number of fused-ring (bicyclic) bond motifs is 1. The Morgan fingerprint density at radius 1 is 1.29 bits per heavy atom. The van der Waals surface area contributed by atoms with Crippen molar-refractivity contribution in [2.24, 2.45) is 0 Å². The van der Waals surface area contributed by atoms with E-state index in [0.717, 1.165) is 35.2 Å². The summed E-state index contributed by atoms with van der Waals surface area (Å²) in [6.07, 6.45) is 1.66. The van der Waals surface area contributed by atoms with Crippen molar-refractivity contribution in [1.82, 2.24) is 0 Å². The fourth-order valence-corrected chi connectivity index (χ4v) is 3.49. The van der Waals surface area contributed by atoms with Crippen LogP contribution in [0, 0.1) is 6.92 Å². The van der Waals surface area contributed by atoms with Crippen LogP contribution in [-0.2, 0) is 6.42 Å². The van der Waals surface area contributed by atoms with Crippen molar-refractivity contribution in [3.63, 3.8) is 0 Å². The van der Waals surface area contributed by atoms with Gasteiger partial charge in [-0.2, -0.15) is 11.3 Å². The van der Waals surface area contributed by atoms with Gasteiger partial charge in [-0.1, -0.05) is 0 Å². The first-order valence-electron chi connectivity index (χ1n) is 6.79. The third-order valence-electron chi connectivity index (χ3n) is 3.78. The molecule has 1 aliphatic heterocycles. The van der Waals surface area contributed by atoms with Crippen LogP contribution in [-0.4, -0.2) is 23.5 Å². The third kappa shape index (κ3) is 2.45. The number of aryl methyl sites for hydroxylation is 2. The first-order valence-corrected chi connectivity index (χ1v) is 7.73. The van der Waals surface area contributed by atoms with Crippen molar-refractivity contribution < 1.29 is 14.7 Å². The van der Waals surface area contributed by atoms with Crippen molar-refractivity contribution in [1.29, 1.82) is 0 Å². The Hall–Kier alpha value is -2.14. The van der Waals surface area contributed by atoms with Crippen molar-refractivity contribution in [3.05, 3.63) is 51.2 Å². The van der Waals surface area contributed by atoms with Gasteiger partial charge in [-0.05, 0) is 54.5 Å².